The van der Waals surface area contributed by atoms with Crippen molar-refractivity contribution in [3.8, 4) is 0 Å². The van der Waals surface area contributed by atoms with E-state index in [1.165, 1.54) is 31.2 Å². The molecule has 0 aromatic heterocycles. The number of amides is 1. The largest absolute Gasteiger partial charge is 0.349 e. The summed E-state index contributed by atoms with van der Waals surface area (Å²) in [6, 6.07) is 8.05. The monoisotopic (exact) mass is 293 g/mol. The first-order valence-corrected chi connectivity index (χ1v) is 7.99. The van der Waals surface area contributed by atoms with Gasteiger partial charge in [0.1, 0.15) is 0 Å². The van der Waals surface area contributed by atoms with Crippen LogP contribution in [0.3, 0.4) is 0 Å². The molecule has 0 saturated heterocycles. The van der Waals surface area contributed by atoms with E-state index in [2.05, 4.69) is 19.2 Å². The van der Waals surface area contributed by atoms with Gasteiger partial charge in [-0.25, -0.2) is 0 Å². The van der Waals surface area contributed by atoms with Crippen molar-refractivity contribution in [3.05, 3.63) is 34.9 Å². The predicted molar refractivity (Wildman–Crippen MR) is 83.7 cm³/mol. The summed E-state index contributed by atoms with van der Waals surface area (Å²) in [5.74, 6) is 1.11. The van der Waals surface area contributed by atoms with E-state index < -0.39 is 0 Å². The molecule has 110 valence electrons. The van der Waals surface area contributed by atoms with E-state index >= 15 is 0 Å². The van der Waals surface area contributed by atoms with Crippen LogP contribution in [0.2, 0.25) is 5.02 Å². The Kier molecular flexibility index (Phi) is 5.47. The Morgan fingerprint density at radius 2 is 1.85 bits per heavy atom. The average molecular weight is 294 g/mol. The van der Waals surface area contributed by atoms with Gasteiger partial charge < -0.3 is 5.32 Å². The van der Waals surface area contributed by atoms with Crippen LogP contribution in [0.15, 0.2) is 24.3 Å². The lowest BCUT2D eigenvalue weighted by atomic mass is 9.91. The van der Waals surface area contributed by atoms with Crippen LogP contribution in [0, 0.1) is 11.8 Å². The van der Waals surface area contributed by atoms with Gasteiger partial charge in [-0.05, 0) is 42.4 Å². The molecule has 2 nitrogen and oxygen atoms in total. The van der Waals surface area contributed by atoms with Gasteiger partial charge in [0.2, 0.25) is 5.91 Å². The van der Waals surface area contributed by atoms with Gasteiger partial charge in [0, 0.05) is 11.4 Å². The maximum atomic E-state index is 12.1. The molecule has 0 spiro atoms. The van der Waals surface area contributed by atoms with Crippen LogP contribution in [0.5, 0.6) is 0 Å². The minimum Gasteiger partial charge on any atom is -0.349 e. The fraction of sp³-hybridized carbons (Fsp3) is 0.588. The zero-order valence-electron chi connectivity index (χ0n) is 12.4. The molecule has 0 aliphatic heterocycles. The molecule has 20 heavy (non-hydrogen) atoms. The lowest BCUT2D eigenvalue weighted by Crippen LogP contribution is -2.33. The van der Waals surface area contributed by atoms with Gasteiger partial charge in [-0.15, -0.1) is 0 Å². The standard InChI is InChI=1S/C17H24ClNO/c1-12(2)11-16(20)19-17(13-5-3-4-6-13)14-7-9-15(18)10-8-14/h7-10,12-13,17H,3-6,11H2,1-2H3,(H,19,20). The third-order valence-electron chi connectivity index (χ3n) is 4.01. The summed E-state index contributed by atoms with van der Waals surface area (Å²) in [5, 5.41) is 3.99. The third kappa shape index (κ3) is 4.24. The molecule has 1 saturated carbocycles. The van der Waals surface area contributed by atoms with Crippen molar-refractivity contribution in [2.24, 2.45) is 11.8 Å². The van der Waals surface area contributed by atoms with Gasteiger partial charge in [-0.1, -0.05) is 50.4 Å². The van der Waals surface area contributed by atoms with E-state index in [1.54, 1.807) is 0 Å². The molecule has 1 aliphatic rings. The second-order valence-corrected chi connectivity index (χ2v) is 6.68. The second kappa shape index (κ2) is 7.12. The van der Waals surface area contributed by atoms with Crippen LogP contribution >= 0.6 is 11.6 Å². The highest BCUT2D eigenvalue weighted by Crippen LogP contribution is 2.36. The molecule has 3 heteroatoms. The first kappa shape index (κ1) is 15.4. The maximum Gasteiger partial charge on any atom is 0.220 e. The van der Waals surface area contributed by atoms with Gasteiger partial charge >= 0.3 is 0 Å². The summed E-state index contributed by atoms with van der Waals surface area (Å²) < 4.78 is 0. The van der Waals surface area contributed by atoms with Crippen LogP contribution in [0.4, 0.5) is 0 Å². The molecule has 1 aliphatic carbocycles. The molecule has 1 unspecified atom stereocenters. The number of hydrogen-bond acceptors (Lipinski definition) is 1. The molecule has 0 radical (unpaired) electrons. The molecule has 1 fully saturated rings. The average Bonchev–Trinajstić information content (AvgIpc) is 2.90. The van der Waals surface area contributed by atoms with Crippen LogP contribution in [-0.4, -0.2) is 5.91 Å². The van der Waals surface area contributed by atoms with Crippen LogP contribution in [0.1, 0.15) is 57.6 Å². The lowest BCUT2D eigenvalue weighted by Gasteiger charge is -2.25. The highest BCUT2D eigenvalue weighted by molar-refractivity contribution is 6.30. The van der Waals surface area contributed by atoms with E-state index in [9.17, 15) is 4.79 Å². The third-order valence-corrected chi connectivity index (χ3v) is 4.26. The van der Waals surface area contributed by atoms with E-state index in [1.807, 2.05) is 24.3 Å². The van der Waals surface area contributed by atoms with Crippen LogP contribution < -0.4 is 5.32 Å². The lowest BCUT2D eigenvalue weighted by molar-refractivity contribution is -0.122. The number of rotatable bonds is 5. The van der Waals surface area contributed by atoms with Gasteiger partial charge in [0.25, 0.3) is 0 Å². The Hall–Kier alpha value is -1.02. The smallest absolute Gasteiger partial charge is 0.220 e. The molecular formula is C17H24ClNO. The summed E-state index contributed by atoms with van der Waals surface area (Å²) in [4.78, 5) is 12.1. The minimum absolute atomic E-state index is 0.140. The van der Waals surface area contributed by atoms with E-state index in [0.717, 1.165) is 5.02 Å². The number of carbonyl (C=O) groups is 1. The normalized spacial score (nSPS) is 17.4. The molecular weight excluding hydrogens is 270 g/mol. The van der Waals surface area contributed by atoms with E-state index in [4.69, 9.17) is 11.6 Å². The quantitative estimate of drug-likeness (QED) is 0.835. The second-order valence-electron chi connectivity index (χ2n) is 6.24. The van der Waals surface area contributed by atoms with Gasteiger partial charge in [0.15, 0.2) is 0 Å². The number of halogens is 1. The molecule has 1 atom stereocenters. The topological polar surface area (TPSA) is 29.1 Å². The molecule has 0 heterocycles. The Bertz CT molecular complexity index is 435. The molecule has 1 amide bonds. The van der Waals surface area contributed by atoms with Crippen molar-refractivity contribution in [2.45, 2.75) is 52.0 Å². The summed E-state index contributed by atoms with van der Waals surface area (Å²) in [5.41, 5.74) is 1.18. The molecule has 1 N–H and O–H groups in total. The molecule has 2 rings (SSSR count). The van der Waals surface area contributed by atoms with Crippen LogP contribution in [0.25, 0.3) is 0 Å². The van der Waals surface area contributed by atoms with Crippen molar-refractivity contribution in [2.75, 3.05) is 0 Å². The SMILES string of the molecule is CC(C)CC(=O)NC(c1ccc(Cl)cc1)C1CCCC1. The number of nitrogens with one attached hydrogen (secondary N) is 1. The van der Waals surface area contributed by atoms with Crippen molar-refractivity contribution in [1.29, 1.82) is 0 Å². The Morgan fingerprint density at radius 3 is 2.40 bits per heavy atom. The summed E-state index contributed by atoms with van der Waals surface area (Å²) >= 11 is 5.96. The fourth-order valence-corrected chi connectivity index (χ4v) is 3.16. The first-order valence-electron chi connectivity index (χ1n) is 7.61. The van der Waals surface area contributed by atoms with Crippen molar-refractivity contribution >= 4 is 17.5 Å². The minimum atomic E-state index is 0.140. The Morgan fingerprint density at radius 1 is 1.25 bits per heavy atom. The van der Waals surface area contributed by atoms with Crippen molar-refractivity contribution in [1.82, 2.24) is 5.32 Å². The first-order chi connectivity index (χ1) is 9.56. The van der Waals surface area contributed by atoms with Gasteiger partial charge in [0.05, 0.1) is 6.04 Å². The Labute approximate surface area is 126 Å². The number of benzene rings is 1. The zero-order chi connectivity index (χ0) is 14.5. The van der Waals surface area contributed by atoms with Crippen LogP contribution in [-0.2, 0) is 4.79 Å². The number of hydrogen-bond donors (Lipinski definition) is 1. The van der Waals surface area contributed by atoms with Gasteiger partial charge in [-0.2, -0.15) is 0 Å². The maximum absolute atomic E-state index is 12.1. The van der Waals surface area contributed by atoms with Crippen molar-refractivity contribution in [3.63, 3.8) is 0 Å². The highest BCUT2D eigenvalue weighted by atomic mass is 35.5. The predicted octanol–water partition coefficient (Wildman–Crippen LogP) is 4.73. The number of carbonyl (C=O) groups excluding carboxylic acids is 1. The zero-order valence-corrected chi connectivity index (χ0v) is 13.1. The van der Waals surface area contributed by atoms with E-state index in [0.29, 0.717) is 18.3 Å². The van der Waals surface area contributed by atoms with E-state index in [-0.39, 0.29) is 11.9 Å². The summed E-state index contributed by atoms with van der Waals surface area (Å²) in [6.45, 7) is 4.15. The van der Waals surface area contributed by atoms with Crippen molar-refractivity contribution < 1.29 is 4.79 Å². The molecule has 0 bridgehead atoms. The Balaban J connectivity index is 2.11. The highest BCUT2D eigenvalue weighted by Gasteiger charge is 2.27. The molecule has 1 aromatic rings. The summed E-state index contributed by atoms with van der Waals surface area (Å²) in [7, 11) is 0. The fourth-order valence-electron chi connectivity index (χ4n) is 3.04. The van der Waals surface area contributed by atoms with Gasteiger partial charge in [-0.3, -0.25) is 4.79 Å². The summed E-state index contributed by atoms with van der Waals surface area (Å²) in [6.07, 6.45) is 5.55. The molecule has 1 aromatic carbocycles.